The maximum Gasteiger partial charge on any atom is 0.290 e. The predicted molar refractivity (Wildman–Crippen MR) is 89.9 cm³/mol. The Kier molecular flexibility index (Phi) is 4.42. The minimum atomic E-state index is -0.897. The fraction of sp³-hybridized carbons (Fsp3) is 0.211. The van der Waals surface area contributed by atoms with Crippen LogP contribution in [-0.2, 0) is 20.9 Å². The number of amides is 2. The van der Waals surface area contributed by atoms with Gasteiger partial charge in [-0.05, 0) is 16.7 Å². The molecule has 0 saturated carbocycles. The van der Waals surface area contributed by atoms with Gasteiger partial charge >= 0.3 is 0 Å². The molecule has 1 atom stereocenters. The minimum absolute atomic E-state index is 0.149. The van der Waals surface area contributed by atoms with Crippen molar-refractivity contribution in [3.8, 4) is 11.1 Å². The number of benzene rings is 2. The second kappa shape index (κ2) is 6.66. The number of Topliss-reactive ketones (excluding diaryl/α,β-unsaturated/α-hetero) is 1. The Morgan fingerprint density at radius 2 is 1.67 bits per heavy atom. The molecule has 0 aliphatic carbocycles. The lowest BCUT2D eigenvalue weighted by molar-refractivity contribution is -0.142. The van der Waals surface area contributed by atoms with E-state index in [0.717, 1.165) is 16.7 Å². The summed E-state index contributed by atoms with van der Waals surface area (Å²) in [6.45, 7) is 0.478. The van der Waals surface area contributed by atoms with Gasteiger partial charge in [0.15, 0.2) is 0 Å². The molecular formula is C19H18N2O3. The van der Waals surface area contributed by atoms with Crippen molar-refractivity contribution < 1.29 is 14.4 Å². The van der Waals surface area contributed by atoms with Crippen molar-refractivity contribution in [1.29, 1.82) is 0 Å². The number of likely N-dealkylation sites (N-methyl/N-ethyl adjacent to an activating group) is 1. The molecule has 0 radical (unpaired) electrons. The van der Waals surface area contributed by atoms with Crippen LogP contribution in [0.3, 0.4) is 0 Å². The topological polar surface area (TPSA) is 66.5 Å². The zero-order chi connectivity index (χ0) is 17.1. The molecule has 1 unspecified atom stereocenters. The highest BCUT2D eigenvalue weighted by molar-refractivity contribution is 6.42. The van der Waals surface area contributed by atoms with Crippen LogP contribution >= 0.6 is 0 Å². The van der Waals surface area contributed by atoms with E-state index < -0.39 is 23.5 Å². The van der Waals surface area contributed by atoms with Gasteiger partial charge in [-0.1, -0.05) is 54.6 Å². The number of ketones is 1. The first-order valence-corrected chi connectivity index (χ1v) is 7.77. The van der Waals surface area contributed by atoms with E-state index >= 15 is 0 Å². The van der Waals surface area contributed by atoms with E-state index in [1.54, 1.807) is 0 Å². The first-order valence-electron chi connectivity index (χ1n) is 7.77. The van der Waals surface area contributed by atoms with E-state index in [1.807, 2.05) is 54.6 Å². The first-order chi connectivity index (χ1) is 11.6. The Hall–Kier alpha value is -2.95. The van der Waals surface area contributed by atoms with E-state index in [-0.39, 0.29) is 6.54 Å². The third-order valence-electron chi connectivity index (χ3n) is 4.17. The van der Waals surface area contributed by atoms with Gasteiger partial charge in [-0.3, -0.25) is 14.4 Å². The zero-order valence-electron chi connectivity index (χ0n) is 13.4. The molecule has 3 rings (SSSR count). The van der Waals surface area contributed by atoms with Crippen LogP contribution in [0.15, 0.2) is 54.6 Å². The van der Waals surface area contributed by atoms with Crippen LogP contribution in [0.4, 0.5) is 0 Å². The molecular weight excluding hydrogens is 304 g/mol. The van der Waals surface area contributed by atoms with Gasteiger partial charge in [0.25, 0.3) is 5.91 Å². The van der Waals surface area contributed by atoms with Gasteiger partial charge < -0.3 is 10.2 Å². The normalized spacial score (nSPS) is 17.2. The number of carbonyl (C=O) groups is 3. The summed E-state index contributed by atoms with van der Waals surface area (Å²) in [6, 6.07) is 17.9. The molecule has 1 heterocycles. The standard InChI is InChI=1S/C19H18N2O3/c1-21-12-16(17(22)19(21)24)18(23)20-11-13-7-9-15(10-8-13)14-5-3-2-4-6-14/h2-10,16H,11-12H2,1H3,(H,20,23). The molecule has 1 N–H and O–H groups in total. The largest absolute Gasteiger partial charge is 0.351 e. The Bertz CT molecular complexity index is 769. The van der Waals surface area contributed by atoms with Gasteiger partial charge in [0.1, 0.15) is 5.92 Å². The third-order valence-corrected chi connectivity index (χ3v) is 4.17. The minimum Gasteiger partial charge on any atom is -0.351 e. The fourth-order valence-electron chi connectivity index (χ4n) is 2.74. The van der Waals surface area contributed by atoms with Crippen LogP contribution < -0.4 is 5.32 Å². The second-order valence-electron chi connectivity index (χ2n) is 5.88. The molecule has 2 aromatic rings. The Balaban J connectivity index is 1.60. The van der Waals surface area contributed by atoms with Gasteiger partial charge in [0.05, 0.1) is 0 Å². The molecule has 5 nitrogen and oxygen atoms in total. The van der Waals surface area contributed by atoms with E-state index in [0.29, 0.717) is 6.54 Å². The number of hydrogen-bond donors (Lipinski definition) is 1. The quantitative estimate of drug-likeness (QED) is 0.687. The molecule has 2 aromatic carbocycles. The van der Waals surface area contributed by atoms with Crippen LogP contribution in [0.25, 0.3) is 11.1 Å². The number of likely N-dealkylation sites (tertiary alicyclic amines) is 1. The van der Waals surface area contributed by atoms with E-state index in [2.05, 4.69) is 5.32 Å². The molecule has 0 aromatic heterocycles. The number of hydrogen-bond acceptors (Lipinski definition) is 3. The average molecular weight is 322 g/mol. The van der Waals surface area contributed by atoms with Gasteiger partial charge in [-0.2, -0.15) is 0 Å². The molecule has 1 fully saturated rings. The van der Waals surface area contributed by atoms with Crippen molar-refractivity contribution in [2.45, 2.75) is 6.54 Å². The highest BCUT2D eigenvalue weighted by Crippen LogP contribution is 2.19. The molecule has 0 bridgehead atoms. The van der Waals surface area contributed by atoms with E-state index in [1.165, 1.54) is 11.9 Å². The zero-order valence-corrected chi connectivity index (χ0v) is 13.4. The van der Waals surface area contributed by atoms with Crippen molar-refractivity contribution in [3.63, 3.8) is 0 Å². The van der Waals surface area contributed by atoms with Crippen LogP contribution in [0.5, 0.6) is 0 Å². The van der Waals surface area contributed by atoms with Crippen LogP contribution in [0.1, 0.15) is 5.56 Å². The lowest BCUT2D eigenvalue weighted by Gasteiger charge is -2.10. The smallest absolute Gasteiger partial charge is 0.290 e. The van der Waals surface area contributed by atoms with Crippen LogP contribution in [0.2, 0.25) is 0 Å². The summed E-state index contributed by atoms with van der Waals surface area (Å²) in [5.41, 5.74) is 3.17. The first kappa shape index (κ1) is 15.9. The third kappa shape index (κ3) is 3.20. The van der Waals surface area contributed by atoms with Gasteiger partial charge in [-0.25, -0.2) is 0 Å². The summed E-state index contributed by atoms with van der Waals surface area (Å²) in [4.78, 5) is 36.6. The Morgan fingerprint density at radius 1 is 1.04 bits per heavy atom. The monoisotopic (exact) mass is 322 g/mol. The van der Waals surface area contributed by atoms with Gasteiger partial charge in [0, 0.05) is 20.1 Å². The molecule has 2 amide bonds. The number of rotatable bonds is 4. The maximum atomic E-state index is 12.1. The van der Waals surface area contributed by atoms with Crippen molar-refractivity contribution in [2.24, 2.45) is 5.92 Å². The van der Waals surface area contributed by atoms with Crippen LogP contribution in [0, 0.1) is 5.92 Å². The summed E-state index contributed by atoms with van der Waals surface area (Å²) in [5.74, 6) is -2.52. The summed E-state index contributed by atoms with van der Waals surface area (Å²) >= 11 is 0. The summed E-state index contributed by atoms with van der Waals surface area (Å²) in [6.07, 6.45) is 0. The number of carbonyl (C=O) groups excluding carboxylic acids is 3. The molecule has 5 heteroatoms. The van der Waals surface area contributed by atoms with Crippen molar-refractivity contribution in [2.75, 3.05) is 13.6 Å². The lowest BCUT2D eigenvalue weighted by atomic mass is 10.0. The summed E-state index contributed by atoms with van der Waals surface area (Å²) in [7, 11) is 1.52. The fourth-order valence-corrected chi connectivity index (χ4v) is 2.74. The molecule has 122 valence electrons. The Labute approximate surface area is 140 Å². The maximum absolute atomic E-state index is 12.1. The average Bonchev–Trinajstić information content (AvgIpc) is 2.88. The second-order valence-corrected chi connectivity index (χ2v) is 5.88. The number of nitrogens with zero attached hydrogens (tertiary/aromatic N) is 1. The highest BCUT2D eigenvalue weighted by Gasteiger charge is 2.41. The van der Waals surface area contributed by atoms with Gasteiger partial charge in [0.2, 0.25) is 11.7 Å². The van der Waals surface area contributed by atoms with Crippen LogP contribution in [-0.4, -0.2) is 36.1 Å². The molecule has 0 spiro atoms. The molecule has 1 aliphatic heterocycles. The number of nitrogens with one attached hydrogen (secondary N) is 1. The lowest BCUT2D eigenvalue weighted by Crippen LogP contribution is -2.35. The summed E-state index contributed by atoms with van der Waals surface area (Å²) < 4.78 is 0. The van der Waals surface area contributed by atoms with Crippen molar-refractivity contribution in [3.05, 3.63) is 60.2 Å². The van der Waals surface area contributed by atoms with E-state index in [9.17, 15) is 14.4 Å². The highest BCUT2D eigenvalue weighted by atomic mass is 16.2. The molecule has 24 heavy (non-hydrogen) atoms. The van der Waals surface area contributed by atoms with Crippen molar-refractivity contribution in [1.82, 2.24) is 10.2 Å². The summed E-state index contributed by atoms with van der Waals surface area (Å²) in [5, 5.41) is 2.73. The Morgan fingerprint density at radius 3 is 2.25 bits per heavy atom. The SMILES string of the molecule is CN1CC(C(=O)NCc2ccc(-c3ccccc3)cc2)C(=O)C1=O. The van der Waals surface area contributed by atoms with Gasteiger partial charge in [-0.15, -0.1) is 0 Å². The predicted octanol–water partition coefficient (Wildman–Crippen LogP) is 1.63. The van der Waals surface area contributed by atoms with Crippen molar-refractivity contribution >= 4 is 17.6 Å². The molecule has 1 saturated heterocycles. The molecule has 1 aliphatic rings. The van der Waals surface area contributed by atoms with E-state index in [4.69, 9.17) is 0 Å².